The lowest BCUT2D eigenvalue weighted by molar-refractivity contribution is -0.123. The summed E-state index contributed by atoms with van der Waals surface area (Å²) in [5.41, 5.74) is 5.07. The third-order valence-corrected chi connectivity index (χ3v) is 1.64. The Hall–Kier alpha value is -0.610. The van der Waals surface area contributed by atoms with Crippen molar-refractivity contribution in [2.24, 2.45) is 5.73 Å². The molecule has 13 heavy (non-hydrogen) atoms. The lowest BCUT2D eigenvalue weighted by atomic mass is 10.1. The Balaban J connectivity index is 3.80. The molecule has 0 radical (unpaired) electrons. The highest BCUT2D eigenvalue weighted by Gasteiger charge is 2.19. The zero-order valence-corrected chi connectivity index (χ0v) is 8.89. The number of carbonyl (C=O) groups excluding carboxylic acids is 1. The zero-order valence-electron chi connectivity index (χ0n) is 8.89. The van der Waals surface area contributed by atoms with Gasteiger partial charge in [0, 0.05) is 13.2 Å². The zero-order chi connectivity index (χ0) is 10.5. The van der Waals surface area contributed by atoms with E-state index in [0.717, 1.165) is 0 Å². The summed E-state index contributed by atoms with van der Waals surface area (Å²) in [6.07, 6.45) is 0. The van der Waals surface area contributed by atoms with Crippen LogP contribution in [-0.2, 0) is 9.53 Å². The van der Waals surface area contributed by atoms with Crippen LogP contribution in [0.15, 0.2) is 0 Å². The molecule has 4 heteroatoms. The second-order valence-electron chi connectivity index (χ2n) is 3.70. The van der Waals surface area contributed by atoms with Gasteiger partial charge in [0.1, 0.15) is 0 Å². The van der Waals surface area contributed by atoms with Crippen molar-refractivity contribution in [3.05, 3.63) is 0 Å². The lowest BCUT2D eigenvalue weighted by Crippen LogP contribution is -2.45. The summed E-state index contributed by atoms with van der Waals surface area (Å²) < 4.78 is 5.40. The second kappa shape index (κ2) is 5.19. The van der Waals surface area contributed by atoms with Crippen LogP contribution in [0.5, 0.6) is 0 Å². The smallest absolute Gasteiger partial charge is 0.236 e. The maximum absolute atomic E-state index is 11.1. The van der Waals surface area contributed by atoms with Gasteiger partial charge in [-0.25, -0.2) is 0 Å². The van der Waals surface area contributed by atoms with Gasteiger partial charge in [-0.05, 0) is 27.7 Å². The SMILES string of the molecule is CCOC(C)(C)CNC(=O)[C@H](C)N. The Morgan fingerprint density at radius 1 is 1.62 bits per heavy atom. The van der Waals surface area contributed by atoms with Crippen LogP contribution in [0.2, 0.25) is 0 Å². The third kappa shape index (κ3) is 5.60. The molecule has 0 aromatic rings. The van der Waals surface area contributed by atoms with Gasteiger partial charge in [0.05, 0.1) is 11.6 Å². The highest BCUT2D eigenvalue weighted by atomic mass is 16.5. The van der Waals surface area contributed by atoms with Crippen molar-refractivity contribution in [3.63, 3.8) is 0 Å². The summed E-state index contributed by atoms with van der Waals surface area (Å²) in [6, 6.07) is -0.461. The van der Waals surface area contributed by atoms with E-state index in [2.05, 4.69) is 5.32 Å². The van der Waals surface area contributed by atoms with Crippen LogP contribution in [0.4, 0.5) is 0 Å². The first kappa shape index (κ1) is 12.4. The predicted molar refractivity (Wildman–Crippen MR) is 52.4 cm³/mol. The van der Waals surface area contributed by atoms with Crippen molar-refractivity contribution in [3.8, 4) is 0 Å². The van der Waals surface area contributed by atoms with E-state index in [0.29, 0.717) is 13.2 Å². The summed E-state index contributed by atoms with van der Waals surface area (Å²) in [5, 5.41) is 2.72. The first-order valence-electron chi connectivity index (χ1n) is 4.56. The first-order valence-corrected chi connectivity index (χ1v) is 4.56. The van der Waals surface area contributed by atoms with E-state index in [1.54, 1.807) is 6.92 Å². The topological polar surface area (TPSA) is 64.3 Å². The van der Waals surface area contributed by atoms with Crippen molar-refractivity contribution < 1.29 is 9.53 Å². The van der Waals surface area contributed by atoms with Crippen molar-refractivity contribution >= 4 is 5.91 Å². The second-order valence-corrected chi connectivity index (χ2v) is 3.70. The Morgan fingerprint density at radius 2 is 2.15 bits per heavy atom. The molecular weight excluding hydrogens is 168 g/mol. The number of rotatable bonds is 5. The minimum Gasteiger partial charge on any atom is -0.374 e. The van der Waals surface area contributed by atoms with Crippen molar-refractivity contribution in [2.75, 3.05) is 13.2 Å². The molecule has 0 saturated heterocycles. The van der Waals surface area contributed by atoms with E-state index in [1.807, 2.05) is 20.8 Å². The molecule has 0 saturated carbocycles. The normalized spacial score (nSPS) is 13.9. The highest BCUT2D eigenvalue weighted by molar-refractivity contribution is 5.80. The van der Waals surface area contributed by atoms with Gasteiger partial charge in [0.15, 0.2) is 0 Å². The quantitative estimate of drug-likeness (QED) is 0.650. The van der Waals surface area contributed by atoms with Gasteiger partial charge in [-0.3, -0.25) is 4.79 Å². The van der Waals surface area contributed by atoms with Crippen LogP contribution in [-0.4, -0.2) is 30.7 Å². The van der Waals surface area contributed by atoms with E-state index in [9.17, 15) is 4.79 Å². The minimum absolute atomic E-state index is 0.146. The molecule has 0 aromatic heterocycles. The molecule has 0 aromatic carbocycles. The van der Waals surface area contributed by atoms with Crippen LogP contribution in [0, 0.1) is 0 Å². The van der Waals surface area contributed by atoms with Crippen LogP contribution in [0.25, 0.3) is 0 Å². The summed E-state index contributed by atoms with van der Waals surface area (Å²) >= 11 is 0. The third-order valence-electron chi connectivity index (χ3n) is 1.64. The Kier molecular flexibility index (Phi) is 4.95. The average molecular weight is 188 g/mol. The Bertz CT molecular complexity index is 167. The number of hydrogen-bond acceptors (Lipinski definition) is 3. The number of nitrogens with two attached hydrogens (primary N) is 1. The largest absolute Gasteiger partial charge is 0.374 e. The molecule has 0 rings (SSSR count). The van der Waals surface area contributed by atoms with Crippen LogP contribution < -0.4 is 11.1 Å². The van der Waals surface area contributed by atoms with E-state index >= 15 is 0 Å². The molecule has 3 N–H and O–H groups in total. The maximum Gasteiger partial charge on any atom is 0.236 e. The number of amides is 1. The van der Waals surface area contributed by atoms with E-state index in [1.165, 1.54) is 0 Å². The molecule has 78 valence electrons. The van der Waals surface area contributed by atoms with E-state index < -0.39 is 6.04 Å². The molecule has 0 spiro atoms. The van der Waals surface area contributed by atoms with Gasteiger partial charge in [0.2, 0.25) is 5.91 Å². The van der Waals surface area contributed by atoms with Crippen LogP contribution in [0.3, 0.4) is 0 Å². The van der Waals surface area contributed by atoms with Crippen LogP contribution >= 0.6 is 0 Å². The molecule has 0 aliphatic rings. The van der Waals surface area contributed by atoms with E-state index in [-0.39, 0.29) is 11.5 Å². The van der Waals surface area contributed by atoms with Crippen molar-refractivity contribution in [2.45, 2.75) is 39.3 Å². The molecule has 0 bridgehead atoms. The van der Waals surface area contributed by atoms with Crippen molar-refractivity contribution in [1.29, 1.82) is 0 Å². The highest BCUT2D eigenvalue weighted by Crippen LogP contribution is 2.06. The fraction of sp³-hybridized carbons (Fsp3) is 0.889. The average Bonchev–Trinajstić information content (AvgIpc) is 2.00. The lowest BCUT2D eigenvalue weighted by Gasteiger charge is -2.25. The van der Waals surface area contributed by atoms with Crippen molar-refractivity contribution in [1.82, 2.24) is 5.32 Å². The van der Waals surface area contributed by atoms with Gasteiger partial charge >= 0.3 is 0 Å². The summed E-state index contributed by atoms with van der Waals surface area (Å²) in [4.78, 5) is 11.1. The fourth-order valence-electron chi connectivity index (χ4n) is 0.903. The maximum atomic E-state index is 11.1. The van der Waals surface area contributed by atoms with Gasteiger partial charge in [-0.2, -0.15) is 0 Å². The van der Waals surface area contributed by atoms with Gasteiger partial charge in [-0.1, -0.05) is 0 Å². The minimum atomic E-state index is -0.461. The molecule has 0 heterocycles. The summed E-state index contributed by atoms with van der Waals surface area (Å²) in [5.74, 6) is -0.146. The number of nitrogens with one attached hydrogen (secondary N) is 1. The summed E-state index contributed by atoms with van der Waals surface area (Å²) in [7, 11) is 0. The first-order chi connectivity index (χ1) is 5.89. The van der Waals surface area contributed by atoms with Gasteiger partial charge in [0.25, 0.3) is 0 Å². The molecule has 0 unspecified atom stereocenters. The van der Waals surface area contributed by atoms with Gasteiger partial charge < -0.3 is 15.8 Å². The van der Waals surface area contributed by atoms with E-state index in [4.69, 9.17) is 10.5 Å². The number of hydrogen-bond donors (Lipinski definition) is 2. The molecule has 4 nitrogen and oxygen atoms in total. The monoisotopic (exact) mass is 188 g/mol. The molecular formula is C9H20N2O2. The Morgan fingerprint density at radius 3 is 2.54 bits per heavy atom. The number of carbonyl (C=O) groups is 1. The molecule has 1 amide bonds. The fourth-order valence-corrected chi connectivity index (χ4v) is 0.903. The molecule has 0 aliphatic heterocycles. The molecule has 0 aliphatic carbocycles. The molecule has 1 atom stereocenters. The molecule has 0 fully saturated rings. The number of ether oxygens (including phenoxy) is 1. The standard InChI is InChI=1S/C9H20N2O2/c1-5-13-9(3,4)6-11-8(12)7(2)10/h7H,5-6,10H2,1-4H3,(H,11,12)/t7-/m0/s1. The Labute approximate surface area is 79.8 Å². The summed E-state index contributed by atoms with van der Waals surface area (Å²) in [6.45, 7) is 8.57. The van der Waals surface area contributed by atoms with Gasteiger partial charge in [-0.15, -0.1) is 0 Å². The van der Waals surface area contributed by atoms with Crippen LogP contribution in [0.1, 0.15) is 27.7 Å². The predicted octanol–water partition coefficient (Wildman–Crippen LogP) is 0.265.